The number of ether oxygens (including phenoxy) is 1. The summed E-state index contributed by atoms with van der Waals surface area (Å²) in [6.07, 6.45) is 3.74. The first kappa shape index (κ1) is 11.4. The van der Waals surface area contributed by atoms with Crippen LogP contribution >= 0.6 is 0 Å². The minimum absolute atomic E-state index is 0.107. The second-order valence-electron chi connectivity index (χ2n) is 5.11. The Morgan fingerprint density at radius 1 is 1.19 bits per heavy atom. The molecule has 1 heterocycles. The zero-order valence-electron chi connectivity index (χ0n) is 9.76. The van der Waals surface area contributed by atoms with Crippen molar-refractivity contribution in [2.45, 2.75) is 50.2 Å². The van der Waals surface area contributed by atoms with Gasteiger partial charge < -0.3 is 10.1 Å². The zero-order valence-corrected chi connectivity index (χ0v) is 9.76. The van der Waals surface area contributed by atoms with Crippen molar-refractivity contribution in [1.29, 1.82) is 0 Å². The zero-order chi connectivity index (χ0) is 11.8. The number of methoxy groups -OCH3 is 1. The van der Waals surface area contributed by atoms with E-state index in [1.807, 2.05) is 0 Å². The summed E-state index contributed by atoms with van der Waals surface area (Å²) in [5.74, 6) is -0.176. The third-order valence-electron chi connectivity index (χ3n) is 3.89. The van der Waals surface area contributed by atoms with Gasteiger partial charge in [-0.1, -0.05) is 0 Å². The highest BCUT2D eigenvalue weighted by molar-refractivity contribution is 5.97. The Morgan fingerprint density at radius 3 is 2.31 bits per heavy atom. The Balaban J connectivity index is 2.06. The molecular weight excluding hydrogens is 208 g/mol. The number of hydrogen-bond donors (Lipinski definition) is 2. The predicted molar refractivity (Wildman–Crippen MR) is 57.9 cm³/mol. The lowest BCUT2D eigenvalue weighted by Crippen LogP contribution is -2.62. The Kier molecular flexibility index (Phi) is 2.66. The topological polar surface area (TPSA) is 67.4 Å². The van der Waals surface area contributed by atoms with Gasteiger partial charge in [-0.15, -0.1) is 0 Å². The van der Waals surface area contributed by atoms with Gasteiger partial charge in [0, 0.05) is 7.11 Å². The highest BCUT2D eigenvalue weighted by atomic mass is 16.5. The quantitative estimate of drug-likeness (QED) is 0.699. The maximum atomic E-state index is 11.4. The molecule has 0 unspecified atom stereocenters. The minimum atomic E-state index is -0.364. The molecule has 5 heteroatoms. The van der Waals surface area contributed by atoms with Crippen LogP contribution in [0.5, 0.6) is 0 Å². The lowest BCUT2D eigenvalue weighted by molar-refractivity contribution is -0.124. The molecule has 5 nitrogen and oxygen atoms in total. The van der Waals surface area contributed by atoms with Crippen LogP contribution in [-0.4, -0.2) is 30.2 Å². The van der Waals surface area contributed by atoms with E-state index in [1.54, 1.807) is 7.11 Å². The largest absolute Gasteiger partial charge is 0.379 e. The molecule has 1 saturated carbocycles. The van der Waals surface area contributed by atoms with Crippen molar-refractivity contribution < 1.29 is 14.3 Å². The molecule has 2 rings (SSSR count). The van der Waals surface area contributed by atoms with E-state index in [0.29, 0.717) is 6.42 Å². The van der Waals surface area contributed by atoms with E-state index >= 15 is 0 Å². The van der Waals surface area contributed by atoms with Crippen LogP contribution in [0.1, 0.15) is 39.0 Å². The Bertz CT molecular complexity index is 301. The molecule has 1 aliphatic carbocycles. The highest BCUT2D eigenvalue weighted by Crippen LogP contribution is 2.39. The molecule has 3 amide bonds. The van der Waals surface area contributed by atoms with Gasteiger partial charge in [0.25, 0.3) is 0 Å². The van der Waals surface area contributed by atoms with E-state index in [0.717, 1.165) is 25.7 Å². The smallest absolute Gasteiger partial charge is 0.321 e. The van der Waals surface area contributed by atoms with Crippen LogP contribution < -0.4 is 10.6 Å². The van der Waals surface area contributed by atoms with Crippen LogP contribution in [0.25, 0.3) is 0 Å². The van der Waals surface area contributed by atoms with Crippen molar-refractivity contribution in [3.63, 3.8) is 0 Å². The van der Waals surface area contributed by atoms with Crippen molar-refractivity contribution in [2.24, 2.45) is 0 Å². The summed E-state index contributed by atoms with van der Waals surface area (Å²) in [6.45, 7) is 2.07. The van der Waals surface area contributed by atoms with Gasteiger partial charge in [-0.05, 0) is 32.6 Å². The fourth-order valence-electron chi connectivity index (χ4n) is 2.56. The van der Waals surface area contributed by atoms with E-state index < -0.39 is 0 Å². The van der Waals surface area contributed by atoms with E-state index in [1.165, 1.54) is 0 Å². The number of nitrogens with one attached hydrogen (secondary N) is 2. The summed E-state index contributed by atoms with van der Waals surface area (Å²) in [6, 6.07) is -0.364. The van der Waals surface area contributed by atoms with Gasteiger partial charge in [0.1, 0.15) is 0 Å². The van der Waals surface area contributed by atoms with Crippen LogP contribution in [0, 0.1) is 0 Å². The second kappa shape index (κ2) is 3.73. The molecule has 2 fully saturated rings. The van der Waals surface area contributed by atoms with Crippen molar-refractivity contribution in [3.05, 3.63) is 0 Å². The molecule has 0 atom stereocenters. The monoisotopic (exact) mass is 226 g/mol. The third kappa shape index (κ3) is 2.04. The van der Waals surface area contributed by atoms with Crippen molar-refractivity contribution in [2.75, 3.05) is 7.11 Å². The van der Waals surface area contributed by atoms with Gasteiger partial charge in [0.2, 0.25) is 5.91 Å². The van der Waals surface area contributed by atoms with Crippen molar-refractivity contribution in [1.82, 2.24) is 10.6 Å². The van der Waals surface area contributed by atoms with Crippen LogP contribution in [0.3, 0.4) is 0 Å². The number of amides is 3. The average Bonchev–Trinajstić information content (AvgIpc) is 2.22. The first-order valence-electron chi connectivity index (χ1n) is 5.64. The number of rotatable bonds is 1. The predicted octanol–water partition coefficient (Wildman–Crippen LogP) is 0.934. The molecule has 1 saturated heterocycles. The number of carbonyl (C=O) groups is 2. The molecule has 0 radical (unpaired) electrons. The summed E-state index contributed by atoms with van der Waals surface area (Å²) in [4.78, 5) is 22.7. The summed E-state index contributed by atoms with van der Waals surface area (Å²) in [5.41, 5.74) is -0.443. The molecule has 0 bridgehead atoms. The van der Waals surface area contributed by atoms with Gasteiger partial charge in [-0.2, -0.15) is 0 Å². The van der Waals surface area contributed by atoms with E-state index in [9.17, 15) is 9.59 Å². The van der Waals surface area contributed by atoms with E-state index in [-0.39, 0.29) is 23.1 Å². The molecule has 0 aromatic rings. The third-order valence-corrected chi connectivity index (χ3v) is 3.89. The van der Waals surface area contributed by atoms with Crippen LogP contribution in [0.15, 0.2) is 0 Å². The molecule has 1 spiro atoms. The molecule has 90 valence electrons. The van der Waals surface area contributed by atoms with Gasteiger partial charge in [0.15, 0.2) is 0 Å². The maximum absolute atomic E-state index is 11.4. The number of urea groups is 1. The van der Waals surface area contributed by atoms with E-state index in [2.05, 4.69) is 17.6 Å². The highest BCUT2D eigenvalue weighted by Gasteiger charge is 2.45. The molecule has 2 aliphatic rings. The Morgan fingerprint density at radius 2 is 1.81 bits per heavy atom. The molecule has 0 aromatic carbocycles. The molecule has 1 aliphatic heterocycles. The SMILES string of the molecule is COC1(C)CCC2(CC1)CC(=O)NC(=O)N2. The van der Waals surface area contributed by atoms with Gasteiger partial charge >= 0.3 is 6.03 Å². The molecule has 0 aromatic heterocycles. The Hall–Kier alpha value is -1.10. The number of hydrogen-bond acceptors (Lipinski definition) is 3. The van der Waals surface area contributed by atoms with Crippen molar-refractivity contribution >= 4 is 11.9 Å². The summed E-state index contributed by atoms with van der Waals surface area (Å²) >= 11 is 0. The number of imide groups is 1. The summed E-state index contributed by atoms with van der Waals surface area (Å²) in [5, 5.41) is 5.16. The Labute approximate surface area is 94.9 Å². The molecule has 16 heavy (non-hydrogen) atoms. The summed E-state index contributed by atoms with van der Waals surface area (Å²) < 4.78 is 5.45. The van der Waals surface area contributed by atoms with Gasteiger partial charge in [-0.3, -0.25) is 10.1 Å². The van der Waals surface area contributed by atoms with Crippen LogP contribution in [0.4, 0.5) is 4.79 Å². The maximum Gasteiger partial charge on any atom is 0.321 e. The first-order valence-corrected chi connectivity index (χ1v) is 5.64. The lowest BCUT2D eigenvalue weighted by Gasteiger charge is -2.45. The minimum Gasteiger partial charge on any atom is -0.379 e. The molecular formula is C11H18N2O3. The normalized spacial score (nSPS) is 39.4. The molecule has 2 N–H and O–H groups in total. The fraction of sp³-hybridized carbons (Fsp3) is 0.818. The fourth-order valence-corrected chi connectivity index (χ4v) is 2.56. The van der Waals surface area contributed by atoms with Crippen LogP contribution in [-0.2, 0) is 9.53 Å². The van der Waals surface area contributed by atoms with Gasteiger partial charge in [0.05, 0.1) is 17.6 Å². The van der Waals surface area contributed by atoms with E-state index in [4.69, 9.17) is 4.74 Å². The average molecular weight is 226 g/mol. The lowest BCUT2D eigenvalue weighted by atomic mass is 9.72. The standard InChI is InChI=1S/C11H18N2O3/c1-10(16-2)3-5-11(6-4-10)7-8(14)12-9(15)13-11/h3-7H2,1-2H3,(H2,12,13,14,15). The van der Waals surface area contributed by atoms with Crippen LogP contribution in [0.2, 0.25) is 0 Å². The van der Waals surface area contributed by atoms with Gasteiger partial charge in [-0.25, -0.2) is 4.79 Å². The summed E-state index contributed by atoms with van der Waals surface area (Å²) in [7, 11) is 1.71. The number of carbonyl (C=O) groups excluding carboxylic acids is 2. The second-order valence-corrected chi connectivity index (χ2v) is 5.11. The first-order chi connectivity index (χ1) is 7.47. The van der Waals surface area contributed by atoms with Crippen molar-refractivity contribution in [3.8, 4) is 0 Å².